The lowest BCUT2D eigenvalue weighted by Crippen LogP contribution is -2.42. The summed E-state index contributed by atoms with van der Waals surface area (Å²) in [5.74, 6) is -0.197. The van der Waals surface area contributed by atoms with Gasteiger partial charge in [0.1, 0.15) is 5.69 Å². The summed E-state index contributed by atoms with van der Waals surface area (Å²) in [6, 6.07) is 7.70. The number of carbonyl (C=O) groups excluding carboxylic acids is 1. The predicted molar refractivity (Wildman–Crippen MR) is 109 cm³/mol. The number of para-hydroxylation sites is 2. The summed E-state index contributed by atoms with van der Waals surface area (Å²) in [4.78, 5) is 29.5. The highest BCUT2D eigenvalue weighted by molar-refractivity contribution is 9.10. The molecule has 2 heterocycles. The number of methoxy groups -OCH3 is 1. The maximum atomic E-state index is 12.9. The van der Waals surface area contributed by atoms with Gasteiger partial charge >= 0.3 is 0 Å². The van der Waals surface area contributed by atoms with Crippen LogP contribution in [0.2, 0.25) is 0 Å². The Morgan fingerprint density at radius 2 is 2.18 bits per heavy atom. The molecule has 2 atom stereocenters. The molecule has 1 aromatic carbocycles. The van der Waals surface area contributed by atoms with E-state index in [4.69, 9.17) is 4.74 Å². The molecular weight excluding hydrogens is 430 g/mol. The summed E-state index contributed by atoms with van der Waals surface area (Å²) in [6.07, 6.45) is 3.14. The number of halogens is 1. The van der Waals surface area contributed by atoms with E-state index in [-0.39, 0.29) is 18.1 Å². The smallest absolute Gasteiger partial charge is 0.292 e. The van der Waals surface area contributed by atoms with Crippen LogP contribution in [0.1, 0.15) is 10.4 Å². The van der Waals surface area contributed by atoms with Crippen LogP contribution in [0, 0.1) is 10.1 Å². The fraction of sp³-hybridized carbons (Fsp3) is 0.333. The number of pyridine rings is 1. The largest absolute Gasteiger partial charge is 0.387 e. The van der Waals surface area contributed by atoms with Crippen LogP contribution in [0.4, 0.5) is 17.1 Å². The Bertz CT molecular complexity index is 896. The van der Waals surface area contributed by atoms with Gasteiger partial charge in [0, 0.05) is 39.2 Å². The van der Waals surface area contributed by atoms with E-state index in [1.165, 1.54) is 19.4 Å². The molecule has 2 N–H and O–H groups in total. The number of aromatic nitrogens is 1. The topological polar surface area (TPSA) is 110 Å². The number of amides is 1. The van der Waals surface area contributed by atoms with Gasteiger partial charge in [0.05, 0.1) is 28.8 Å². The second-order valence-electron chi connectivity index (χ2n) is 6.36. The van der Waals surface area contributed by atoms with E-state index in [2.05, 4.69) is 31.5 Å². The molecule has 0 bridgehead atoms. The Balaban J connectivity index is 1.84. The van der Waals surface area contributed by atoms with E-state index in [1.807, 2.05) is 0 Å². The molecule has 9 nitrogen and oxygen atoms in total. The van der Waals surface area contributed by atoms with Gasteiger partial charge in [0.2, 0.25) is 0 Å². The maximum absolute atomic E-state index is 12.9. The first kappa shape index (κ1) is 20.0. The first-order chi connectivity index (χ1) is 13.4. The summed E-state index contributed by atoms with van der Waals surface area (Å²) < 4.78 is 4.72. The van der Waals surface area contributed by atoms with Crippen LogP contribution in [0.25, 0.3) is 0 Å². The fourth-order valence-corrected chi connectivity index (χ4v) is 3.69. The van der Waals surface area contributed by atoms with E-state index in [0.717, 1.165) is 5.69 Å². The number of hydrogen-bond acceptors (Lipinski definition) is 7. The number of nitrogens with one attached hydrogen (secondary N) is 2. The Morgan fingerprint density at radius 3 is 2.86 bits per heavy atom. The highest BCUT2D eigenvalue weighted by Gasteiger charge is 2.47. The van der Waals surface area contributed by atoms with Gasteiger partial charge < -0.3 is 20.3 Å². The van der Waals surface area contributed by atoms with Crippen molar-refractivity contribution in [2.75, 3.05) is 37.9 Å². The van der Waals surface area contributed by atoms with Gasteiger partial charge in [-0.1, -0.05) is 12.1 Å². The molecule has 148 valence electrons. The number of hydrogen-bond donors (Lipinski definition) is 2. The Labute approximate surface area is 170 Å². The summed E-state index contributed by atoms with van der Waals surface area (Å²) in [5, 5.41) is 17.4. The molecule has 10 heteroatoms. The van der Waals surface area contributed by atoms with Crippen LogP contribution in [0.5, 0.6) is 0 Å². The Kier molecular flexibility index (Phi) is 5.80. The van der Waals surface area contributed by atoms with Crippen molar-refractivity contribution in [3.8, 4) is 0 Å². The van der Waals surface area contributed by atoms with Gasteiger partial charge in [-0.25, -0.2) is 0 Å². The predicted octanol–water partition coefficient (Wildman–Crippen LogP) is 2.71. The van der Waals surface area contributed by atoms with Crippen LogP contribution < -0.4 is 10.6 Å². The molecule has 0 saturated carbocycles. The third-order valence-electron chi connectivity index (χ3n) is 4.66. The summed E-state index contributed by atoms with van der Waals surface area (Å²) in [6.45, 7) is 0.568. The number of nitrogens with zero attached hydrogens (tertiary/aromatic N) is 3. The number of anilines is 2. The average molecular weight is 450 g/mol. The second kappa shape index (κ2) is 8.11. The average Bonchev–Trinajstić information content (AvgIpc) is 3.04. The number of carbonyl (C=O) groups is 1. The van der Waals surface area contributed by atoms with Crippen molar-refractivity contribution in [2.45, 2.75) is 10.6 Å². The van der Waals surface area contributed by atoms with Crippen molar-refractivity contribution in [3.05, 3.63) is 58.4 Å². The van der Waals surface area contributed by atoms with E-state index in [1.54, 1.807) is 42.4 Å². The molecule has 0 radical (unpaired) electrons. The number of rotatable bonds is 6. The number of benzene rings is 1. The Hall–Kier alpha value is -2.72. The maximum Gasteiger partial charge on any atom is 0.292 e. The molecule has 1 aliphatic heterocycles. The van der Waals surface area contributed by atoms with Gasteiger partial charge in [-0.2, -0.15) is 0 Å². The highest BCUT2D eigenvalue weighted by atomic mass is 79.9. The van der Waals surface area contributed by atoms with Gasteiger partial charge in [-0.3, -0.25) is 19.9 Å². The SMILES string of the molecule is CNc1cncc(C(=O)N2C[C@H](Nc3ccccc3[N+](=O)[O-])[C@](Br)(OC)C2)c1. The zero-order valence-electron chi connectivity index (χ0n) is 15.4. The molecule has 1 amide bonds. The van der Waals surface area contributed by atoms with Crippen LogP contribution in [-0.4, -0.2) is 58.5 Å². The molecule has 28 heavy (non-hydrogen) atoms. The van der Waals surface area contributed by atoms with Crippen molar-refractivity contribution in [3.63, 3.8) is 0 Å². The minimum atomic E-state index is -0.888. The highest BCUT2D eigenvalue weighted by Crippen LogP contribution is 2.36. The quantitative estimate of drug-likeness (QED) is 0.396. The molecule has 3 rings (SSSR count). The van der Waals surface area contributed by atoms with E-state index < -0.39 is 15.5 Å². The number of ether oxygens (including phenoxy) is 1. The molecule has 1 saturated heterocycles. The third kappa shape index (κ3) is 3.92. The van der Waals surface area contributed by atoms with Crippen molar-refractivity contribution in [1.29, 1.82) is 0 Å². The molecule has 0 aliphatic carbocycles. The standard InChI is InChI=1S/C18H20BrN5O4/c1-20-13-7-12(8-21-9-13)17(25)23-10-16(18(19,11-23)28-2)22-14-5-3-4-6-15(14)24(26)27/h3-9,16,20,22H,10-11H2,1-2H3/t16-,18+/m0/s1. The van der Waals surface area contributed by atoms with E-state index >= 15 is 0 Å². The van der Waals surface area contributed by atoms with Crippen molar-refractivity contribution in [2.24, 2.45) is 0 Å². The van der Waals surface area contributed by atoms with E-state index in [0.29, 0.717) is 17.8 Å². The lowest BCUT2D eigenvalue weighted by molar-refractivity contribution is -0.384. The Morgan fingerprint density at radius 1 is 1.43 bits per heavy atom. The van der Waals surface area contributed by atoms with Gasteiger partial charge in [-0.15, -0.1) is 0 Å². The van der Waals surface area contributed by atoms with Crippen LogP contribution in [-0.2, 0) is 4.74 Å². The monoisotopic (exact) mass is 449 g/mol. The zero-order chi connectivity index (χ0) is 20.3. The van der Waals surface area contributed by atoms with E-state index in [9.17, 15) is 14.9 Å². The lowest BCUT2D eigenvalue weighted by Gasteiger charge is -2.27. The minimum absolute atomic E-state index is 0.0378. The summed E-state index contributed by atoms with van der Waals surface area (Å²) in [7, 11) is 3.28. The van der Waals surface area contributed by atoms with Crippen molar-refractivity contribution in [1.82, 2.24) is 9.88 Å². The first-order valence-corrected chi connectivity index (χ1v) is 9.33. The fourth-order valence-electron chi connectivity index (χ4n) is 3.13. The minimum Gasteiger partial charge on any atom is -0.387 e. The summed E-state index contributed by atoms with van der Waals surface area (Å²) >= 11 is 3.56. The lowest BCUT2D eigenvalue weighted by atomic mass is 10.2. The van der Waals surface area contributed by atoms with Crippen LogP contribution in [0.15, 0.2) is 42.7 Å². The molecule has 1 aliphatic rings. The number of nitro benzene ring substituents is 1. The molecule has 0 spiro atoms. The normalized spacial score (nSPS) is 21.4. The number of alkyl halides is 1. The molecule has 0 unspecified atom stereocenters. The molecule has 1 fully saturated rings. The first-order valence-electron chi connectivity index (χ1n) is 8.54. The zero-order valence-corrected chi connectivity index (χ0v) is 17.0. The molecular formula is C18H20BrN5O4. The van der Waals surface area contributed by atoms with Crippen molar-refractivity contribution < 1.29 is 14.5 Å². The third-order valence-corrected chi connectivity index (χ3v) is 5.79. The summed E-state index contributed by atoms with van der Waals surface area (Å²) in [5.41, 5.74) is 1.51. The second-order valence-corrected chi connectivity index (χ2v) is 7.70. The van der Waals surface area contributed by atoms with Crippen LogP contribution in [0.3, 0.4) is 0 Å². The van der Waals surface area contributed by atoms with Crippen molar-refractivity contribution >= 4 is 38.9 Å². The molecule has 1 aromatic heterocycles. The van der Waals surface area contributed by atoms with Gasteiger partial charge in [0.25, 0.3) is 11.6 Å². The van der Waals surface area contributed by atoms with Crippen LogP contribution >= 0.6 is 15.9 Å². The van der Waals surface area contributed by atoms with Gasteiger partial charge in [-0.05, 0) is 28.1 Å². The molecule has 2 aromatic rings. The number of likely N-dealkylation sites (tertiary alicyclic amines) is 1. The number of nitro groups is 1. The van der Waals surface area contributed by atoms with Gasteiger partial charge in [0.15, 0.2) is 4.51 Å².